The number of rotatable bonds is 1. The second-order valence-electron chi connectivity index (χ2n) is 2.69. The monoisotopic (exact) mass is 161 g/mol. The first-order valence-electron chi connectivity index (χ1n) is 4.03. The van der Waals surface area contributed by atoms with Gasteiger partial charge < -0.3 is 9.64 Å². The summed E-state index contributed by atoms with van der Waals surface area (Å²) in [5.41, 5.74) is 1.11. The average molecular weight is 161 g/mol. The molecule has 0 saturated carbocycles. The third-order valence-electron chi connectivity index (χ3n) is 1.98. The smallest absolute Gasteiger partial charge is 0.143 e. The van der Waals surface area contributed by atoms with Crippen molar-refractivity contribution in [3.05, 3.63) is 37.0 Å². The molecule has 1 aliphatic heterocycles. The molecule has 0 unspecified atom stereocenters. The molecule has 12 heavy (non-hydrogen) atoms. The van der Waals surface area contributed by atoms with Gasteiger partial charge in [0.2, 0.25) is 0 Å². The lowest BCUT2D eigenvalue weighted by molar-refractivity contribution is 0.313. The highest BCUT2D eigenvalue weighted by atomic mass is 16.5. The number of fused-ring (bicyclic) bond motifs is 1. The third kappa shape index (κ3) is 1.05. The summed E-state index contributed by atoms with van der Waals surface area (Å²) >= 11 is 0. The van der Waals surface area contributed by atoms with Crippen molar-refractivity contribution in [1.82, 2.24) is 0 Å². The van der Waals surface area contributed by atoms with Crippen LogP contribution in [-0.2, 0) is 0 Å². The molecule has 0 bridgehead atoms. The van der Waals surface area contributed by atoms with Crippen LogP contribution >= 0.6 is 0 Å². The quantitative estimate of drug-likeness (QED) is 0.624. The van der Waals surface area contributed by atoms with Crippen LogP contribution in [0.2, 0.25) is 0 Å². The highest BCUT2D eigenvalue weighted by Gasteiger charge is 2.13. The standard InChI is InChI=1S/C10H11NO/c1-2-11-7-8-12-10-6-4-3-5-9(10)11/h2-6H,1,7-8H2. The van der Waals surface area contributed by atoms with Gasteiger partial charge in [0.15, 0.2) is 0 Å². The number of hydrogen-bond donors (Lipinski definition) is 0. The Hall–Kier alpha value is -1.44. The second kappa shape index (κ2) is 2.89. The summed E-state index contributed by atoms with van der Waals surface area (Å²) < 4.78 is 5.47. The number of benzene rings is 1. The van der Waals surface area contributed by atoms with E-state index in [1.54, 1.807) is 0 Å². The summed E-state index contributed by atoms with van der Waals surface area (Å²) in [4.78, 5) is 2.10. The van der Waals surface area contributed by atoms with Gasteiger partial charge in [0.05, 0.1) is 12.2 Å². The zero-order valence-corrected chi connectivity index (χ0v) is 6.86. The van der Waals surface area contributed by atoms with E-state index in [2.05, 4.69) is 11.5 Å². The molecule has 1 aromatic rings. The Balaban J connectivity index is 2.43. The molecule has 0 aliphatic carbocycles. The molecular weight excluding hydrogens is 150 g/mol. The van der Waals surface area contributed by atoms with Gasteiger partial charge in [-0.25, -0.2) is 0 Å². The van der Waals surface area contributed by atoms with Gasteiger partial charge in [-0.1, -0.05) is 18.7 Å². The van der Waals surface area contributed by atoms with Crippen LogP contribution in [0.15, 0.2) is 37.0 Å². The molecular formula is C10H11NO. The Morgan fingerprint density at radius 2 is 2.25 bits per heavy atom. The minimum absolute atomic E-state index is 0.739. The second-order valence-corrected chi connectivity index (χ2v) is 2.69. The van der Waals surface area contributed by atoms with E-state index in [1.165, 1.54) is 0 Å². The lowest BCUT2D eigenvalue weighted by Crippen LogP contribution is -2.27. The van der Waals surface area contributed by atoms with Crippen LogP contribution in [0.4, 0.5) is 5.69 Å². The Labute approximate surface area is 72.1 Å². The molecule has 0 radical (unpaired) electrons. The summed E-state index contributed by atoms with van der Waals surface area (Å²) in [5, 5.41) is 0. The molecule has 62 valence electrons. The largest absolute Gasteiger partial charge is 0.490 e. The number of anilines is 1. The first kappa shape index (κ1) is 7.22. The highest BCUT2D eigenvalue weighted by molar-refractivity contribution is 5.61. The molecule has 0 spiro atoms. The maximum atomic E-state index is 5.47. The van der Waals surface area contributed by atoms with E-state index in [4.69, 9.17) is 4.74 Å². The normalized spacial score (nSPS) is 14.8. The fourth-order valence-corrected chi connectivity index (χ4v) is 1.38. The summed E-state index contributed by atoms with van der Waals surface area (Å²) in [6.45, 7) is 5.38. The van der Waals surface area contributed by atoms with Gasteiger partial charge in [-0.3, -0.25) is 0 Å². The Kier molecular flexibility index (Phi) is 1.74. The maximum Gasteiger partial charge on any atom is 0.143 e. The zero-order chi connectivity index (χ0) is 8.39. The van der Waals surface area contributed by atoms with Crippen LogP contribution in [0.5, 0.6) is 5.75 Å². The molecule has 1 heterocycles. The fraction of sp³-hybridized carbons (Fsp3) is 0.200. The lowest BCUT2D eigenvalue weighted by Gasteiger charge is -2.27. The van der Waals surface area contributed by atoms with Crippen LogP contribution in [0.25, 0.3) is 0 Å². The van der Waals surface area contributed by atoms with Gasteiger partial charge in [-0.15, -0.1) is 0 Å². The molecule has 0 fully saturated rings. The minimum atomic E-state index is 0.739. The van der Waals surface area contributed by atoms with Crippen molar-refractivity contribution < 1.29 is 4.74 Å². The Morgan fingerprint density at radius 1 is 1.42 bits per heavy atom. The van der Waals surface area contributed by atoms with Crippen LogP contribution in [0.3, 0.4) is 0 Å². The van der Waals surface area contributed by atoms with E-state index in [0.717, 1.165) is 24.6 Å². The van der Waals surface area contributed by atoms with E-state index in [9.17, 15) is 0 Å². The van der Waals surface area contributed by atoms with Crippen LogP contribution in [-0.4, -0.2) is 13.2 Å². The zero-order valence-electron chi connectivity index (χ0n) is 6.86. The molecule has 1 aliphatic rings. The Bertz CT molecular complexity index is 296. The van der Waals surface area contributed by atoms with Crippen molar-refractivity contribution in [2.45, 2.75) is 0 Å². The van der Waals surface area contributed by atoms with Crippen LogP contribution in [0, 0.1) is 0 Å². The van der Waals surface area contributed by atoms with Crippen molar-refractivity contribution in [2.75, 3.05) is 18.1 Å². The van der Waals surface area contributed by atoms with Crippen molar-refractivity contribution in [1.29, 1.82) is 0 Å². The van der Waals surface area contributed by atoms with Crippen LogP contribution < -0.4 is 9.64 Å². The highest BCUT2D eigenvalue weighted by Crippen LogP contribution is 2.30. The molecule has 2 nitrogen and oxygen atoms in total. The summed E-state index contributed by atoms with van der Waals surface area (Å²) in [7, 11) is 0. The van der Waals surface area contributed by atoms with Crippen molar-refractivity contribution in [3.63, 3.8) is 0 Å². The summed E-state index contributed by atoms with van der Waals surface area (Å²) in [6, 6.07) is 8.00. The molecule has 0 saturated heterocycles. The molecule has 0 N–H and O–H groups in total. The van der Waals surface area contributed by atoms with E-state index in [1.807, 2.05) is 30.5 Å². The lowest BCUT2D eigenvalue weighted by atomic mass is 10.2. The number of nitrogens with zero attached hydrogens (tertiary/aromatic N) is 1. The van der Waals surface area contributed by atoms with Gasteiger partial charge >= 0.3 is 0 Å². The minimum Gasteiger partial charge on any atom is -0.490 e. The first-order chi connectivity index (χ1) is 5.92. The van der Waals surface area contributed by atoms with E-state index >= 15 is 0 Å². The molecule has 1 aromatic carbocycles. The van der Waals surface area contributed by atoms with E-state index in [0.29, 0.717) is 0 Å². The molecule has 2 rings (SSSR count). The van der Waals surface area contributed by atoms with E-state index < -0.39 is 0 Å². The topological polar surface area (TPSA) is 12.5 Å². The Morgan fingerprint density at radius 3 is 3.08 bits per heavy atom. The van der Waals surface area contributed by atoms with Crippen LogP contribution in [0.1, 0.15) is 0 Å². The van der Waals surface area contributed by atoms with Gasteiger partial charge in [-0.05, 0) is 18.3 Å². The fourth-order valence-electron chi connectivity index (χ4n) is 1.38. The number of hydrogen-bond acceptors (Lipinski definition) is 2. The van der Waals surface area contributed by atoms with Gasteiger partial charge in [-0.2, -0.15) is 0 Å². The van der Waals surface area contributed by atoms with Gasteiger partial charge in [0.25, 0.3) is 0 Å². The first-order valence-corrected chi connectivity index (χ1v) is 4.03. The molecule has 0 aromatic heterocycles. The molecule has 0 atom stereocenters. The van der Waals surface area contributed by atoms with Crippen molar-refractivity contribution in [3.8, 4) is 5.75 Å². The summed E-state index contributed by atoms with van der Waals surface area (Å²) in [5.74, 6) is 0.948. The number of ether oxygens (including phenoxy) is 1. The van der Waals surface area contributed by atoms with Gasteiger partial charge in [0.1, 0.15) is 12.4 Å². The maximum absolute atomic E-state index is 5.47. The third-order valence-corrected chi connectivity index (χ3v) is 1.98. The molecule has 0 amide bonds. The predicted octanol–water partition coefficient (Wildman–Crippen LogP) is 2.03. The van der Waals surface area contributed by atoms with E-state index in [-0.39, 0.29) is 0 Å². The molecule has 2 heteroatoms. The predicted molar refractivity (Wildman–Crippen MR) is 49.5 cm³/mol. The average Bonchev–Trinajstić information content (AvgIpc) is 2.17. The summed E-state index contributed by atoms with van der Waals surface area (Å²) in [6.07, 6.45) is 1.83. The van der Waals surface area contributed by atoms with Crippen molar-refractivity contribution in [2.24, 2.45) is 0 Å². The SMILES string of the molecule is C=CN1CCOc2ccccc21. The number of para-hydroxylation sites is 2. The van der Waals surface area contributed by atoms with Gasteiger partial charge in [0, 0.05) is 0 Å². The van der Waals surface area contributed by atoms with Crippen molar-refractivity contribution >= 4 is 5.69 Å².